The van der Waals surface area contributed by atoms with Crippen LogP contribution in [0.1, 0.15) is 29.4 Å². The topological polar surface area (TPSA) is 109 Å². The Morgan fingerprint density at radius 1 is 1.14 bits per heavy atom. The van der Waals surface area contributed by atoms with Gasteiger partial charge in [0.1, 0.15) is 5.82 Å². The molecule has 3 aromatic rings. The van der Waals surface area contributed by atoms with Crippen molar-refractivity contribution >= 4 is 23.5 Å². The van der Waals surface area contributed by atoms with E-state index in [0.717, 1.165) is 5.56 Å². The number of nitrogens with zero attached hydrogens (tertiary/aromatic N) is 2. The maximum absolute atomic E-state index is 14.3. The first kappa shape index (κ1) is 28.1. The van der Waals surface area contributed by atoms with Gasteiger partial charge in [-0.25, -0.2) is 13.2 Å². The van der Waals surface area contributed by atoms with Crippen molar-refractivity contribution < 1.29 is 27.5 Å². The number of nitrogens with one attached hydrogen (secondary N) is 3. The van der Waals surface area contributed by atoms with Crippen molar-refractivity contribution in [3.63, 3.8) is 0 Å². The number of ether oxygens (including phenoxy) is 1. The van der Waals surface area contributed by atoms with E-state index in [1.165, 1.54) is 24.4 Å². The molecule has 2 unspecified atom stereocenters. The highest BCUT2D eigenvalue weighted by atomic mass is 35.5. The number of H-pyrrole nitrogens is 1. The van der Waals surface area contributed by atoms with Crippen molar-refractivity contribution in [3.05, 3.63) is 70.8 Å². The SMILES string of the molecule is CCOC(=O)C(CNCC(F)F)CC(Cc1ccc(-c2cc(Cl)ccc2F)cc1)NC(=O)c1cn[nH]n1. The molecule has 1 aromatic heterocycles. The average Bonchev–Trinajstić information content (AvgIpc) is 3.41. The molecule has 3 rings (SSSR count). The lowest BCUT2D eigenvalue weighted by molar-refractivity contribution is -0.148. The van der Waals surface area contributed by atoms with Gasteiger partial charge in [-0.05, 0) is 49.1 Å². The Kier molecular flexibility index (Phi) is 10.5. The smallest absolute Gasteiger partial charge is 0.310 e. The number of amides is 1. The zero-order valence-electron chi connectivity index (χ0n) is 20.0. The lowest BCUT2D eigenvalue weighted by Gasteiger charge is -2.24. The molecule has 198 valence electrons. The predicted molar refractivity (Wildman–Crippen MR) is 132 cm³/mol. The molecule has 0 bridgehead atoms. The molecule has 0 fully saturated rings. The largest absolute Gasteiger partial charge is 0.466 e. The van der Waals surface area contributed by atoms with Crippen LogP contribution in [0.2, 0.25) is 5.02 Å². The highest BCUT2D eigenvalue weighted by molar-refractivity contribution is 6.30. The maximum atomic E-state index is 14.3. The number of hydrogen-bond donors (Lipinski definition) is 3. The quantitative estimate of drug-likeness (QED) is 0.284. The minimum atomic E-state index is -2.58. The van der Waals surface area contributed by atoms with Crippen molar-refractivity contribution in [1.29, 1.82) is 0 Å². The third kappa shape index (κ3) is 8.57. The van der Waals surface area contributed by atoms with Crippen LogP contribution < -0.4 is 10.6 Å². The van der Waals surface area contributed by atoms with Gasteiger partial charge in [0.15, 0.2) is 5.69 Å². The molecule has 12 heteroatoms. The molecule has 0 aliphatic rings. The number of benzene rings is 2. The second-order valence-electron chi connectivity index (χ2n) is 8.28. The highest BCUT2D eigenvalue weighted by Crippen LogP contribution is 2.27. The van der Waals surface area contributed by atoms with Crippen LogP contribution >= 0.6 is 11.6 Å². The molecular formula is C25H27ClF3N5O3. The Bertz CT molecular complexity index is 1160. The van der Waals surface area contributed by atoms with Crippen LogP contribution in [0.4, 0.5) is 13.2 Å². The van der Waals surface area contributed by atoms with E-state index in [9.17, 15) is 22.8 Å². The van der Waals surface area contributed by atoms with Crippen molar-refractivity contribution in [3.8, 4) is 11.1 Å². The van der Waals surface area contributed by atoms with Crippen LogP contribution in [0.3, 0.4) is 0 Å². The summed E-state index contributed by atoms with van der Waals surface area (Å²) in [7, 11) is 0. The van der Waals surface area contributed by atoms with Crippen molar-refractivity contribution in [2.24, 2.45) is 5.92 Å². The first-order valence-electron chi connectivity index (χ1n) is 11.6. The zero-order chi connectivity index (χ0) is 26.8. The molecule has 0 aliphatic carbocycles. The summed E-state index contributed by atoms with van der Waals surface area (Å²) >= 11 is 6.00. The minimum absolute atomic E-state index is 0.0491. The number of esters is 1. The van der Waals surface area contributed by atoms with Gasteiger partial charge in [-0.1, -0.05) is 35.9 Å². The minimum Gasteiger partial charge on any atom is -0.466 e. The Labute approximate surface area is 216 Å². The number of rotatable bonds is 13. The van der Waals surface area contributed by atoms with E-state index in [1.807, 2.05) is 0 Å². The summed E-state index contributed by atoms with van der Waals surface area (Å²) in [6, 6.07) is 10.7. The number of carbonyl (C=O) groups excluding carboxylic acids is 2. The van der Waals surface area contributed by atoms with Crippen LogP contribution in [0.5, 0.6) is 0 Å². The summed E-state index contributed by atoms with van der Waals surface area (Å²) in [5, 5.41) is 15.6. The standard InChI is InChI=1S/C25H27ClF3N5O3/c1-2-37-25(36)17(12-30-14-23(28)29)10-19(32-24(35)22-13-31-34-33-22)9-15-3-5-16(6-4-15)20-11-18(26)7-8-21(20)27/h3-8,11,13,17,19,23,30H,2,9-10,12,14H2,1H3,(H,32,35)(H,31,33,34). The summed E-state index contributed by atoms with van der Waals surface area (Å²) in [5.41, 5.74) is 1.81. The maximum Gasteiger partial charge on any atom is 0.310 e. The van der Waals surface area contributed by atoms with E-state index in [0.29, 0.717) is 22.6 Å². The zero-order valence-corrected chi connectivity index (χ0v) is 20.8. The van der Waals surface area contributed by atoms with Gasteiger partial charge < -0.3 is 15.4 Å². The first-order valence-corrected chi connectivity index (χ1v) is 12.0. The number of aromatic nitrogens is 3. The van der Waals surface area contributed by atoms with Crippen LogP contribution in [0.15, 0.2) is 48.7 Å². The predicted octanol–water partition coefficient (Wildman–Crippen LogP) is 4.03. The summed E-state index contributed by atoms with van der Waals surface area (Å²) in [5.74, 6) is -2.28. The van der Waals surface area contributed by atoms with Gasteiger partial charge >= 0.3 is 5.97 Å². The Balaban J connectivity index is 1.79. The fourth-order valence-corrected chi connectivity index (χ4v) is 3.99. The Morgan fingerprint density at radius 2 is 1.89 bits per heavy atom. The number of alkyl halides is 2. The number of hydrogen-bond acceptors (Lipinski definition) is 6. The number of carbonyl (C=O) groups is 2. The third-order valence-electron chi connectivity index (χ3n) is 5.54. The lowest BCUT2D eigenvalue weighted by Crippen LogP contribution is -2.42. The molecule has 2 aromatic carbocycles. The van der Waals surface area contributed by atoms with E-state index >= 15 is 0 Å². The van der Waals surface area contributed by atoms with Crippen LogP contribution in [-0.2, 0) is 16.0 Å². The van der Waals surface area contributed by atoms with Crippen molar-refractivity contribution in [2.75, 3.05) is 19.7 Å². The van der Waals surface area contributed by atoms with E-state index in [4.69, 9.17) is 16.3 Å². The van der Waals surface area contributed by atoms with Gasteiger partial charge in [0.05, 0.1) is 25.3 Å². The second-order valence-corrected chi connectivity index (χ2v) is 8.72. The molecule has 0 radical (unpaired) electrons. The Morgan fingerprint density at radius 3 is 2.54 bits per heavy atom. The molecule has 37 heavy (non-hydrogen) atoms. The van der Waals surface area contributed by atoms with E-state index in [-0.39, 0.29) is 25.3 Å². The molecular weight excluding hydrogens is 511 g/mol. The van der Waals surface area contributed by atoms with Gasteiger partial charge in [0.25, 0.3) is 12.3 Å². The molecule has 0 aliphatic heterocycles. The molecule has 2 atom stereocenters. The van der Waals surface area contributed by atoms with Gasteiger partial charge in [0, 0.05) is 23.2 Å². The van der Waals surface area contributed by atoms with Gasteiger partial charge in [0.2, 0.25) is 0 Å². The second kappa shape index (κ2) is 13.8. The number of aromatic amines is 1. The monoisotopic (exact) mass is 537 g/mol. The lowest BCUT2D eigenvalue weighted by atomic mass is 9.93. The summed E-state index contributed by atoms with van der Waals surface area (Å²) in [6.45, 7) is 1.15. The highest BCUT2D eigenvalue weighted by Gasteiger charge is 2.26. The van der Waals surface area contributed by atoms with Crippen LogP contribution in [0.25, 0.3) is 11.1 Å². The molecule has 8 nitrogen and oxygen atoms in total. The van der Waals surface area contributed by atoms with Crippen molar-refractivity contribution in [2.45, 2.75) is 32.2 Å². The molecule has 0 saturated heterocycles. The fraction of sp³-hybridized carbons (Fsp3) is 0.360. The molecule has 1 heterocycles. The molecule has 1 amide bonds. The van der Waals surface area contributed by atoms with E-state index in [2.05, 4.69) is 26.0 Å². The van der Waals surface area contributed by atoms with Gasteiger partial charge in [-0.3, -0.25) is 9.59 Å². The molecule has 0 spiro atoms. The van der Waals surface area contributed by atoms with Crippen LogP contribution in [0, 0.1) is 11.7 Å². The van der Waals surface area contributed by atoms with Crippen molar-refractivity contribution in [1.82, 2.24) is 26.0 Å². The van der Waals surface area contributed by atoms with E-state index in [1.54, 1.807) is 31.2 Å². The summed E-state index contributed by atoms with van der Waals surface area (Å²) in [4.78, 5) is 25.2. The normalized spacial score (nSPS) is 12.8. The average molecular weight is 538 g/mol. The van der Waals surface area contributed by atoms with Gasteiger partial charge in [-0.15, -0.1) is 0 Å². The Hall–Kier alpha value is -3.44. The first-order chi connectivity index (χ1) is 17.8. The summed E-state index contributed by atoms with van der Waals surface area (Å²) < 4.78 is 44.7. The number of halogens is 4. The molecule has 0 saturated carbocycles. The van der Waals surface area contributed by atoms with Gasteiger partial charge in [-0.2, -0.15) is 15.4 Å². The summed E-state index contributed by atoms with van der Waals surface area (Å²) in [6.07, 6.45) is -0.905. The molecule has 3 N–H and O–H groups in total. The third-order valence-corrected chi connectivity index (χ3v) is 5.77. The van der Waals surface area contributed by atoms with E-state index < -0.39 is 42.6 Å². The van der Waals surface area contributed by atoms with Crippen LogP contribution in [-0.4, -0.2) is 59.5 Å². The fourth-order valence-electron chi connectivity index (χ4n) is 3.82.